The summed E-state index contributed by atoms with van der Waals surface area (Å²) in [4.78, 5) is 31.6. The third kappa shape index (κ3) is 6.81. The standard InChI is InChI=1S/C31H35N5O6/c1-20(37)19-35-13-10-24(11-14-35)41-23-6-4-21(5-7-23)30(38)34-29-17-25(8-12-33-29)42-28-16-22-9-15-36(31(39)32-2)26(22)18-27(28)40-3/h4-9,12,15-18,20,24,37H,10-11,13-14,19H2,1-3H3,(H,32,39)(H,33,34,38). The number of anilines is 1. The SMILES string of the molecule is CNC(=O)n1ccc2cc(Oc3ccnc(NC(=O)c4ccc(OC5CCN(CC(C)O)CC5)cc4)c3)c(OC)cc21. The van der Waals surface area contributed by atoms with Gasteiger partial charge in [0.2, 0.25) is 0 Å². The third-order valence-electron chi connectivity index (χ3n) is 7.09. The first-order chi connectivity index (χ1) is 20.3. The molecule has 1 unspecified atom stereocenters. The second-order valence-electron chi connectivity index (χ2n) is 10.2. The summed E-state index contributed by atoms with van der Waals surface area (Å²) in [6, 6.07) is 15.4. The van der Waals surface area contributed by atoms with E-state index in [2.05, 4.69) is 20.5 Å². The number of hydrogen-bond acceptors (Lipinski definition) is 8. The molecule has 0 saturated carbocycles. The van der Waals surface area contributed by atoms with Crippen LogP contribution in [-0.2, 0) is 0 Å². The van der Waals surface area contributed by atoms with Gasteiger partial charge in [-0.1, -0.05) is 0 Å². The molecule has 2 aromatic carbocycles. The van der Waals surface area contributed by atoms with E-state index in [1.54, 1.807) is 74.9 Å². The summed E-state index contributed by atoms with van der Waals surface area (Å²) >= 11 is 0. The van der Waals surface area contributed by atoms with E-state index in [-0.39, 0.29) is 24.1 Å². The van der Waals surface area contributed by atoms with E-state index in [0.717, 1.165) is 31.3 Å². The summed E-state index contributed by atoms with van der Waals surface area (Å²) in [5.41, 5.74) is 1.14. The number of methoxy groups -OCH3 is 1. The first kappa shape index (κ1) is 28.9. The monoisotopic (exact) mass is 573 g/mol. The number of amides is 2. The molecule has 220 valence electrons. The minimum Gasteiger partial charge on any atom is -0.493 e. The zero-order valence-electron chi connectivity index (χ0n) is 23.9. The molecule has 0 spiro atoms. The number of fused-ring (bicyclic) bond motifs is 1. The Morgan fingerprint density at radius 3 is 2.50 bits per heavy atom. The third-order valence-corrected chi connectivity index (χ3v) is 7.09. The van der Waals surface area contributed by atoms with Gasteiger partial charge in [0, 0.05) is 62.2 Å². The predicted molar refractivity (Wildman–Crippen MR) is 159 cm³/mol. The molecule has 0 aliphatic carbocycles. The molecule has 42 heavy (non-hydrogen) atoms. The number of hydrogen-bond donors (Lipinski definition) is 3. The lowest BCUT2D eigenvalue weighted by Crippen LogP contribution is -2.41. The number of β-amino-alcohol motifs (C(OH)–C–C–N with tert-alkyl or cyclic N) is 1. The first-order valence-electron chi connectivity index (χ1n) is 13.9. The number of aliphatic hydroxyl groups is 1. The van der Waals surface area contributed by atoms with Crippen molar-refractivity contribution in [2.45, 2.75) is 32.0 Å². The minimum absolute atomic E-state index is 0.108. The number of likely N-dealkylation sites (tertiary alicyclic amines) is 1. The lowest BCUT2D eigenvalue weighted by molar-refractivity contribution is 0.0673. The van der Waals surface area contributed by atoms with Gasteiger partial charge in [0.15, 0.2) is 11.5 Å². The van der Waals surface area contributed by atoms with Crippen LogP contribution in [0.4, 0.5) is 10.6 Å². The maximum Gasteiger partial charge on any atom is 0.325 e. The Morgan fingerprint density at radius 2 is 1.81 bits per heavy atom. The number of pyridine rings is 1. The van der Waals surface area contributed by atoms with Gasteiger partial charge in [-0.05, 0) is 62.2 Å². The van der Waals surface area contributed by atoms with E-state index in [9.17, 15) is 14.7 Å². The van der Waals surface area contributed by atoms with Crippen LogP contribution in [0.25, 0.3) is 10.9 Å². The van der Waals surface area contributed by atoms with Crippen LogP contribution in [-0.4, -0.2) is 77.5 Å². The molecular formula is C31H35N5O6. The Hall–Kier alpha value is -4.61. The van der Waals surface area contributed by atoms with Crippen LogP contribution >= 0.6 is 0 Å². The van der Waals surface area contributed by atoms with Crippen molar-refractivity contribution < 1.29 is 28.9 Å². The van der Waals surface area contributed by atoms with Crippen molar-refractivity contribution in [3.05, 3.63) is 72.6 Å². The van der Waals surface area contributed by atoms with Gasteiger partial charge in [-0.25, -0.2) is 9.78 Å². The van der Waals surface area contributed by atoms with Crippen molar-refractivity contribution in [2.24, 2.45) is 0 Å². The Morgan fingerprint density at radius 1 is 1.05 bits per heavy atom. The average Bonchev–Trinajstić information content (AvgIpc) is 3.40. The van der Waals surface area contributed by atoms with Gasteiger partial charge < -0.3 is 34.9 Å². The van der Waals surface area contributed by atoms with Crippen molar-refractivity contribution >= 4 is 28.7 Å². The number of nitrogens with zero attached hydrogens (tertiary/aromatic N) is 3. The molecule has 11 nitrogen and oxygen atoms in total. The molecule has 1 aliphatic rings. The quantitative estimate of drug-likeness (QED) is 0.267. The summed E-state index contributed by atoms with van der Waals surface area (Å²) in [6.07, 6.45) is 4.78. The van der Waals surface area contributed by atoms with Crippen molar-refractivity contribution in [2.75, 3.05) is 39.1 Å². The molecule has 4 aromatic rings. The number of piperidine rings is 1. The maximum absolute atomic E-state index is 12.9. The molecule has 1 aliphatic heterocycles. The van der Waals surface area contributed by atoms with Crippen LogP contribution < -0.4 is 24.8 Å². The molecule has 5 rings (SSSR count). The van der Waals surface area contributed by atoms with Crippen LogP contribution in [0.1, 0.15) is 30.1 Å². The highest BCUT2D eigenvalue weighted by Crippen LogP contribution is 2.36. The fourth-order valence-corrected chi connectivity index (χ4v) is 5.00. The van der Waals surface area contributed by atoms with E-state index in [0.29, 0.717) is 46.4 Å². The van der Waals surface area contributed by atoms with Gasteiger partial charge in [0.1, 0.15) is 23.4 Å². The van der Waals surface area contributed by atoms with Gasteiger partial charge >= 0.3 is 6.03 Å². The maximum atomic E-state index is 12.9. The Balaban J connectivity index is 1.21. The zero-order valence-corrected chi connectivity index (χ0v) is 23.9. The summed E-state index contributed by atoms with van der Waals surface area (Å²) in [6.45, 7) is 4.26. The molecule has 2 amide bonds. The van der Waals surface area contributed by atoms with Crippen molar-refractivity contribution in [3.8, 4) is 23.0 Å². The van der Waals surface area contributed by atoms with Crippen LogP contribution in [0.5, 0.6) is 23.0 Å². The second kappa shape index (κ2) is 12.9. The zero-order chi connectivity index (χ0) is 29.6. The molecule has 1 saturated heterocycles. The number of ether oxygens (including phenoxy) is 3. The van der Waals surface area contributed by atoms with Gasteiger partial charge in [-0.15, -0.1) is 0 Å². The summed E-state index contributed by atoms with van der Waals surface area (Å²) < 4.78 is 19.2. The number of carbonyl (C=O) groups excluding carboxylic acids is 2. The Kier molecular flexibility index (Phi) is 8.89. The number of benzene rings is 2. The van der Waals surface area contributed by atoms with Gasteiger partial charge in [-0.2, -0.15) is 0 Å². The van der Waals surface area contributed by atoms with E-state index in [1.165, 1.54) is 11.7 Å². The molecular weight excluding hydrogens is 538 g/mol. The highest BCUT2D eigenvalue weighted by molar-refractivity contribution is 6.03. The Labute approximate surface area is 244 Å². The van der Waals surface area contributed by atoms with E-state index >= 15 is 0 Å². The molecule has 3 heterocycles. The molecule has 0 radical (unpaired) electrons. The second-order valence-corrected chi connectivity index (χ2v) is 10.2. The average molecular weight is 574 g/mol. The van der Waals surface area contributed by atoms with Crippen LogP contribution in [0, 0.1) is 0 Å². The molecule has 3 N–H and O–H groups in total. The van der Waals surface area contributed by atoms with Crippen LogP contribution in [0.2, 0.25) is 0 Å². The lowest BCUT2D eigenvalue weighted by atomic mass is 10.1. The normalized spacial score (nSPS) is 14.8. The van der Waals surface area contributed by atoms with E-state index in [1.807, 2.05) is 6.07 Å². The summed E-state index contributed by atoms with van der Waals surface area (Å²) in [5.74, 6) is 2.08. The van der Waals surface area contributed by atoms with Gasteiger partial charge in [-0.3, -0.25) is 9.36 Å². The summed E-state index contributed by atoms with van der Waals surface area (Å²) in [7, 11) is 3.09. The van der Waals surface area contributed by atoms with Crippen molar-refractivity contribution in [1.29, 1.82) is 0 Å². The molecule has 11 heteroatoms. The first-order valence-corrected chi connectivity index (χ1v) is 13.9. The molecule has 1 atom stereocenters. The minimum atomic E-state index is -0.332. The predicted octanol–water partition coefficient (Wildman–Crippen LogP) is 4.50. The number of aliphatic hydroxyl groups excluding tert-OH is 1. The number of nitrogens with one attached hydrogen (secondary N) is 2. The molecule has 0 bridgehead atoms. The van der Waals surface area contributed by atoms with Gasteiger partial charge in [0.05, 0.1) is 18.7 Å². The fourth-order valence-electron chi connectivity index (χ4n) is 5.00. The van der Waals surface area contributed by atoms with E-state index in [4.69, 9.17) is 14.2 Å². The van der Waals surface area contributed by atoms with E-state index < -0.39 is 0 Å². The van der Waals surface area contributed by atoms with Crippen molar-refractivity contribution in [3.63, 3.8) is 0 Å². The summed E-state index contributed by atoms with van der Waals surface area (Å²) in [5, 5.41) is 15.8. The molecule has 2 aromatic heterocycles. The molecule has 1 fully saturated rings. The van der Waals surface area contributed by atoms with Crippen LogP contribution in [0.3, 0.4) is 0 Å². The Bertz CT molecular complexity index is 1540. The number of rotatable bonds is 9. The van der Waals surface area contributed by atoms with Crippen LogP contribution in [0.15, 0.2) is 67.0 Å². The number of carbonyl (C=O) groups is 2. The lowest BCUT2D eigenvalue weighted by Gasteiger charge is -2.32. The van der Waals surface area contributed by atoms with Gasteiger partial charge in [0.25, 0.3) is 5.91 Å². The smallest absolute Gasteiger partial charge is 0.325 e. The number of aromatic nitrogens is 2. The highest BCUT2D eigenvalue weighted by atomic mass is 16.5. The highest BCUT2D eigenvalue weighted by Gasteiger charge is 2.21. The fraction of sp³-hybridized carbons (Fsp3) is 0.323. The topological polar surface area (TPSA) is 127 Å². The largest absolute Gasteiger partial charge is 0.493 e. The van der Waals surface area contributed by atoms with Crippen molar-refractivity contribution in [1.82, 2.24) is 19.8 Å².